The van der Waals surface area contributed by atoms with Crippen LogP contribution in [0.2, 0.25) is 0 Å². The highest BCUT2D eigenvalue weighted by molar-refractivity contribution is 9.10. The van der Waals surface area contributed by atoms with E-state index >= 15 is 0 Å². The number of aromatic nitrogens is 4. The molecular weight excluding hydrogens is 593 g/mol. The summed E-state index contributed by atoms with van der Waals surface area (Å²) in [5.74, 6) is -0.722. The van der Waals surface area contributed by atoms with Crippen molar-refractivity contribution in [3.63, 3.8) is 0 Å². The highest BCUT2D eigenvalue weighted by Crippen LogP contribution is 2.36. The number of fused-ring (bicyclic) bond motifs is 1. The van der Waals surface area contributed by atoms with Crippen molar-refractivity contribution in [2.75, 3.05) is 7.05 Å². The molecule has 9 nitrogen and oxygen atoms in total. The van der Waals surface area contributed by atoms with Crippen molar-refractivity contribution in [3.8, 4) is 11.6 Å². The van der Waals surface area contributed by atoms with Crippen molar-refractivity contribution in [3.05, 3.63) is 104 Å². The Morgan fingerprint density at radius 2 is 1.80 bits per heavy atom. The minimum Gasteiger partial charge on any atom is -0.355 e. The summed E-state index contributed by atoms with van der Waals surface area (Å²) in [5.41, 5.74) is 0.137. The Morgan fingerprint density at radius 3 is 2.42 bits per heavy atom. The van der Waals surface area contributed by atoms with Crippen LogP contribution in [0.15, 0.2) is 70.2 Å². The maximum Gasteiger partial charge on any atom is 0.417 e. The Bertz CT molecular complexity index is 1670. The van der Waals surface area contributed by atoms with Gasteiger partial charge in [-0.15, -0.1) is 0 Å². The molecule has 0 fully saturated rings. The lowest BCUT2D eigenvalue weighted by Crippen LogP contribution is -2.46. The van der Waals surface area contributed by atoms with E-state index in [0.717, 1.165) is 6.07 Å². The molecule has 1 unspecified atom stereocenters. The normalized spacial score (nSPS) is 15.1. The van der Waals surface area contributed by atoms with Crippen LogP contribution in [0.3, 0.4) is 0 Å². The maximum absolute atomic E-state index is 13.9. The van der Waals surface area contributed by atoms with Gasteiger partial charge in [0, 0.05) is 46.6 Å². The van der Waals surface area contributed by atoms with Crippen LogP contribution in [-0.2, 0) is 19.1 Å². The van der Waals surface area contributed by atoms with E-state index in [1.165, 1.54) is 39.5 Å². The number of halogens is 4. The molecule has 0 saturated heterocycles. The number of nitrogens with one attached hydrogen (secondary N) is 1. The summed E-state index contributed by atoms with van der Waals surface area (Å²) in [6.45, 7) is 1.65. The highest BCUT2D eigenvalue weighted by Gasteiger charge is 2.36. The zero-order chi connectivity index (χ0) is 28.8. The monoisotopic (exact) mass is 614 g/mol. The Hall–Kier alpha value is -4.26. The molecule has 1 N–H and O–H groups in total. The zero-order valence-electron chi connectivity index (χ0n) is 21.2. The molecule has 2 aromatic carbocycles. The lowest BCUT2D eigenvalue weighted by atomic mass is 9.98. The molecule has 0 spiro atoms. The molecule has 206 valence electrons. The van der Waals surface area contributed by atoms with E-state index < -0.39 is 23.7 Å². The molecule has 1 atom stereocenters. The first kappa shape index (κ1) is 27.3. The van der Waals surface area contributed by atoms with Gasteiger partial charge in [-0.2, -0.15) is 18.3 Å². The minimum absolute atomic E-state index is 0.0767. The summed E-state index contributed by atoms with van der Waals surface area (Å²) in [4.78, 5) is 45.3. The largest absolute Gasteiger partial charge is 0.417 e. The second-order valence-electron chi connectivity index (χ2n) is 9.23. The van der Waals surface area contributed by atoms with E-state index in [9.17, 15) is 27.6 Å². The number of alkyl halides is 3. The van der Waals surface area contributed by atoms with Gasteiger partial charge in [-0.3, -0.25) is 14.4 Å². The molecule has 1 aliphatic rings. The van der Waals surface area contributed by atoms with Gasteiger partial charge >= 0.3 is 6.18 Å². The van der Waals surface area contributed by atoms with Crippen LogP contribution in [0.4, 0.5) is 13.2 Å². The molecule has 0 bridgehead atoms. The topological polar surface area (TPSA) is 102 Å². The third-order valence-electron chi connectivity index (χ3n) is 6.70. The number of rotatable bonds is 4. The van der Waals surface area contributed by atoms with Gasteiger partial charge in [-0.25, -0.2) is 14.2 Å². The fourth-order valence-corrected chi connectivity index (χ4v) is 5.11. The number of hydrogen-bond acceptors (Lipinski definition) is 5. The molecule has 4 aromatic rings. The van der Waals surface area contributed by atoms with Crippen LogP contribution in [0.25, 0.3) is 11.6 Å². The molecule has 2 amide bonds. The smallest absolute Gasteiger partial charge is 0.355 e. The molecule has 2 aromatic heterocycles. The Labute approximate surface area is 234 Å². The quantitative estimate of drug-likeness (QED) is 0.372. The van der Waals surface area contributed by atoms with Gasteiger partial charge < -0.3 is 10.2 Å². The summed E-state index contributed by atoms with van der Waals surface area (Å²) < 4.78 is 43.0. The summed E-state index contributed by atoms with van der Waals surface area (Å²) in [7, 11) is 1.52. The Morgan fingerprint density at radius 1 is 1.10 bits per heavy atom. The maximum atomic E-state index is 13.9. The molecular formula is C27H22BrF3N6O3. The first-order valence-corrected chi connectivity index (χ1v) is 12.9. The summed E-state index contributed by atoms with van der Waals surface area (Å²) in [5, 5.41) is 6.76. The van der Waals surface area contributed by atoms with Crippen LogP contribution in [0, 0.1) is 0 Å². The number of nitrogens with zero attached hydrogens (tertiary/aromatic N) is 5. The second kappa shape index (κ2) is 10.4. The molecule has 40 heavy (non-hydrogen) atoms. The van der Waals surface area contributed by atoms with Gasteiger partial charge in [-0.1, -0.05) is 15.9 Å². The molecule has 3 heterocycles. The molecule has 13 heteroatoms. The van der Waals surface area contributed by atoms with Crippen LogP contribution < -0.4 is 10.9 Å². The molecule has 1 aliphatic heterocycles. The van der Waals surface area contributed by atoms with Gasteiger partial charge in [0.05, 0.1) is 23.5 Å². The van der Waals surface area contributed by atoms with Crippen molar-refractivity contribution < 1.29 is 22.8 Å². The number of benzene rings is 2. The summed E-state index contributed by atoms with van der Waals surface area (Å²) >= 11 is 2.90. The highest BCUT2D eigenvalue weighted by atomic mass is 79.9. The number of carbonyl (C=O) groups excluding carboxylic acids is 2. The van der Waals surface area contributed by atoms with Gasteiger partial charge in [0.15, 0.2) is 0 Å². The lowest BCUT2D eigenvalue weighted by Gasteiger charge is -2.34. The van der Waals surface area contributed by atoms with Crippen molar-refractivity contribution in [2.45, 2.75) is 32.1 Å². The first-order chi connectivity index (χ1) is 19.0. The lowest BCUT2D eigenvalue weighted by molar-refractivity contribution is -0.138. The SMILES string of the molecule is CNC(=O)c1ccc(-n2c(-n3cccn3)nc3c(c2=O)CC(C)N(C(=O)c2ccc(Br)c(C(F)(F)F)c2)C3)cc1. The first-order valence-electron chi connectivity index (χ1n) is 12.1. The average molecular weight is 615 g/mol. The third kappa shape index (κ3) is 4.92. The number of carbonyl (C=O) groups is 2. The minimum atomic E-state index is -4.64. The van der Waals surface area contributed by atoms with Gasteiger partial charge in [0.25, 0.3) is 17.4 Å². The van der Waals surface area contributed by atoms with Crippen molar-refractivity contribution >= 4 is 27.7 Å². The van der Waals surface area contributed by atoms with E-state index in [2.05, 4.69) is 26.3 Å². The second-order valence-corrected chi connectivity index (χ2v) is 10.1. The van der Waals surface area contributed by atoms with E-state index in [-0.39, 0.29) is 40.4 Å². The average Bonchev–Trinajstić information content (AvgIpc) is 3.47. The van der Waals surface area contributed by atoms with Crippen LogP contribution >= 0.6 is 15.9 Å². The summed E-state index contributed by atoms with van der Waals surface area (Å²) in [6, 6.07) is 10.9. The van der Waals surface area contributed by atoms with E-state index in [0.29, 0.717) is 22.5 Å². The van der Waals surface area contributed by atoms with Crippen LogP contribution in [0.5, 0.6) is 0 Å². The van der Waals surface area contributed by atoms with Gasteiger partial charge in [-0.05, 0) is 61.9 Å². The predicted octanol–water partition coefficient (Wildman–Crippen LogP) is 4.15. The van der Waals surface area contributed by atoms with Crippen LogP contribution in [0.1, 0.15) is 44.5 Å². The summed E-state index contributed by atoms with van der Waals surface area (Å²) in [6.07, 6.45) is -1.36. The molecule has 0 saturated carbocycles. The zero-order valence-corrected chi connectivity index (χ0v) is 22.8. The van der Waals surface area contributed by atoms with Crippen molar-refractivity contribution in [1.29, 1.82) is 0 Å². The van der Waals surface area contributed by atoms with E-state index in [4.69, 9.17) is 4.98 Å². The molecule has 0 aliphatic carbocycles. The Balaban J connectivity index is 1.57. The predicted molar refractivity (Wildman–Crippen MR) is 143 cm³/mol. The van der Waals surface area contributed by atoms with Gasteiger partial charge in [0.2, 0.25) is 5.95 Å². The number of hydrogen-bond donors (Lipinski definition) is 1. The van der Waals surface area contributed by atoms with E-state index in [1.54, 1.807) is 43.5 Å². The number of amides is 2. The standard InChI is InChI=1S/C27H22BrF3N6O3/c1-15-12-19-22(14-35(15)24(39)17-6-9-21(28)20(13-17)27(29,30)31)34-26(36-11-3-10-33-36)37(25(19)40)18-7-4-16(5-8-18)23(38)32-2/h3-11,13,15H,12,14H2,1-2H3,(H,32,38). The van der Waals surface area contributed by atoms with Crippen molar-refractivity contribution in [2.24, 2.45) is 0 Å². The third-order valence-corrected chi connectivity index (χ3v) is 7.39. The van der Waals surface area contributed by atoms with Gasteiger partial charge in [0.1, 0.15) is 0 Å². The molecule has 0 radical (unpaired) electrons. The molecule has 5 rings (SSSR count). The fraction of sp³-hybridized carbons (Fsp3) is 0.222. The van der Waals surface area contributed by atoms with E-state index in [1.807, 2.05) is 0 Å². The van der Waals surface area contributed by atoms with Crippen molar-refractivity contribution in [1.82, 2.24) is 29.5 Å². The fourth-order valence-electron chi connectivity index (χ4n) is 4.64. The Kier molecular flexibility index (Phi) is 7.08. The van der Waals surface area contributed by atoms with Crippen LogP contribution in [-0.4, -0.2) is 49.1 Å².